The molecule has 1 amide bonds. The second kappa shape index (κ2) is 10.8. The van der Waals surface area contributed by atoms with Crippen molar-refractivity contribution in [3.63, 3.8) is 0 Å². The molecule has 2 N–H and O–H groups in total. The third kappa shape index (κ3) is 6.00. The van der Waals surface area contributed by atoms with Crippen LogP contribution in [0.3, 0.4) is 0 Å². The standard InChI is InChI=1S/C28H33ClF3N3O/c1-5-18(16-33)19-8-7-9-20(14-19)24(26(3)10-12-28(31,32)13-11-26)35-25(36)23-22(27(4,30)6-2)15-21(29)17-34-23/h5,7-9,14-17,24,33H,6,10-13H2,1-4H3,(H,35,36)/b18-5+,33-16?. The van der Waals surface area contributed by atoms with Crippen LogP contribution in [0.4, 0.5) is 13.2 Å². The Labute approximate surface area is 215 Å². The van der Waals surface area contributed by atoms with Crippen LogP contribution >= 0.6 is 11.6 Å². The van der Waals surface area contributed by atoms with Crippen molar-refractivity contribution in [2.45, 2.75) is 77.4 Å². The maximum Gasteiger partial charge on any atom is 0.270 e. The summed E-state index contributed by atoms with van der Waals surface area (Å²) in [6.07, 6.45) is 4.30. The predicted molar refractivity (Wildman–Crippen MR) is 139 cm³/mol. The first-order chi connectivity index (χ1) is 16.9. The lowest BCUT2D eigenvalue weighted by Crippen LogP contribution is -2.44. The number of halogens is 4. The topological polar surface area (TPSA) is 65.8 Å². The summed E-state index contributed by atoms with van der Waals surface area (Å²) in [6, 6.07) is 8.15. The van der Waals surface area contributed by atoms with E-state index in [9.17, 15) is 13.6 Å². The third-order valence-electron chi connectivity index (χ3n) is 7.41. The van der Waals surface area contributed by atoms with E-state index in [0.29, 0.717) is 5.57 Å². The first-order valence-electron chi connectivity index (χ1n) is 12.2. The van der Waals surface area contributed by atoms with E-state index < -0.39 is 29.0 Å². The summed E-state index contributed by atoms with van der Waals surface area (Å²) in [6.45, 7) is 6.77. The maximum atomic E-state index is 15.4. The Morgan fingerprint density at radius 3 is 2.53 bits per heavy atom. The molecule has 1 saturated carbocycles. The molecule has 3 rings (SSSR count). The minimum Gasteiger partial charge on any atom is -0.343 e. The molecule has 1 aromatic carbocycles. The van der Waals surface area contributed by atoms with Crippen LogP contribution in [0, 0.1) is 10.8 Å². The lowest BCUT2D eigenvalue weighted by molar-refractivity contribution is -0.0705. The molecule has 1 heterocycles. The van der Waals surface area contributed by atoms with E-state index in [2.05, 4.69) is 10.3 Å². The quantitative estimate of drug-likeness (QED) is 0.346. The fraction of sp³-hybridized carbons (Fsp3) is 0.464. The molecular weight excluding hydrogens is 487 g/mol. The van der Waals surface area contributed by atoms with Gasteiger partial charge in [-0.05, 0) is 67.4 Å². The molecule has 8 heteroatoms. The Morgan fingerprint density at radius 2 is 1.94 bits per heavy atom. The molecule has 0 bridgehead atoms. The van der Waals surface area contributed by atoms with E-state index in [0.717, 1.165) is 11.1 Å². The van der Waals surface area contributed by atoms with Crippen molar-refractivity contribution in [1.29, 1.82) is 5.41 Å². The van der Waals surface area contributed by atoms with E-state index in [1.165, 1.54) is 25.4 Å². The number of benzene rings is 1. The highest BCUT2D eigenvalue weighted by atomic mass is 35.5. The number of carbonyl (C=O) groups is 1. The molecule has 1 aliphatic rings. The predicted octanol–water partition coefficient (Wildman–Crippen LogP) is 8.07. The molecule has 0 aliphatic heterocycles. The molecule has 2 atom stereocenters. The van der Waals surface area contributed by atoms with Crippen LogP contribution in [-0.4, -0.2) is 23.0 Å². The van der Waals surface area contributed by atoms with Crippen molar-refractivity contribution in [1.82, 2.24) is 10.3 Å². The normalized spacial score (nSPS) is 19.7. The Balaban J connectivity index is 2.08. The molecule has 36 heavy (non-hydrogen) atoms. The van der Waals surface area contributed by atoms with Crippen molar-refractivity contribution in [2.75, 3.05) is 0 Å². The monoisotopic (exact) mass is 519 g/mol. The summed E-state index contributed by atoms with van der Waals surface area (Å²) in [5.74, 6) is -3.33. The number of aromatic nitrogens is 1. The van der Waals surface area contributed by atoms with Crippen molar-refractivity contribution >= 4 is 29.3 Å². The van der Waals surface area contributed by atoms with Crippen LogP contribution in [0.15, 0.2) is 42.6 Å². The van der Waals surface area contributed by atoms with E-state index in [1.54, 1.807) is 13.0 Å². The smallest absolute Gasteiger partial charge is 0.270 e. The zero-order valence-corrected chi connectivity index (χ0v) is 21.9. The van der Waals surface area contributed by atoms with Crippen LogP contribution in [0.2, 0.25) is 5.02 Å². The average molecular weight is 520 g/mol. The number of hydrogen-bond donors (Lipinski definition) is 2. The van der Waals surface area contributed by atoms with Gasteiger partial charge in [0.1, 0.15) is 11.4 Å². The molecular formula is C28H33ClF3N3O. The molecule has 2 unspecified atom stereocenters. The maximum absolute atomic E-state index is 15.4. The van der Waals surface area contributed by atoms with Crippen molar-refractivity contribution in [3.8, 4) is 0 Å². The SMILES string of the molecule is C/C=C(\C=N)c1cccc(C(NC(=O)c2ncc(Cl)cc2C(C)(F)CC)C2(C)CCC(F)(F)CC2)c1. The summed E-state index contributed by atoms with van der Waals surface area (Å²) in [5, 5.41) is 10.9. The summed E-state index contributed by atoms with van der Waals surface area (Å²) in [4.78, 5) is 17.7. The largest absolute Gasteiger partial charge is 0.343 e. The molecule has 4 nitrogen and oxygen atoms in total. The van der Waals surface area contributed by atoms with Crippen LogP contribution in [0.5, 0.6) is 0 Å². The average Bonchev–Trinajstić information content (AvgIpc) is 2.85. The molecule has 0 spiro atoms. The van der Waals surface area contributed by atoms with Gasteiger partial charge in [0.15, 0.2) is 0 Å². The van der Waals surface area contributed by atoms with Gasteiger partial charge in [0.25, 0.3) is 5.91 Å². The van der Waals surface area contributed by atoms with Crippen LogP contribution in [0.1, 0.15) is 93.0 Å². The zero-order chi connectivity index (χ0) is 26.7. The van der Waals surface area contributed by atoms with Crippen LogP contribution in [-0.2, 0) is 5.67 Å². The van der Waals surface area contributed by atoms with Gasteiger partial charge in [-0.3, -0.25) is 4.79 Å². The van der Waals surface area contributed by atoms with E-state index in [1.807, 2.05) is 38.1 Å². The van der Waals surface area contributed by atoms with Gasteiger partial charge in [-0.25, -0.2) is 18.2 Å². The van der Waals surface area contributed by atoms with Gasteiger partial charge in [0.05, 0.1) is 11.1 Å². The first kappa shape index (κ1) is 27.9. The summed E-state index contributed by atoms with van der Waals surface area (Å²) in [7, 11) is 0. The van der Waals surface area contributed by atoms with Gasteiger partial charge in [0, 0.05) is 30.8 Å². The number of hydrogen-bond acceptors (Lipinski definition) is 3. The Morgan fingerprint density at radius 1 is 1.28 bits per heavy atom. The minimum absolute atomic E-state index is 0.0780. The second-order valence-electron chi connectivity index (χ2n) is 10.0. The van der Waals surface area contributed by atoms with Gasteiger partial charge in [-0.1, -0.05) is 49.7 Å². The number of rotatable bonds is 8. The number of alkyl halides is 3. The van der Waals surface area contributed by atoms with Crippen molar-refractivity contribution < 1.29 is 18.0 Å². The summed E-state index contributed by atoms with van der Waals surface area (Å²) in [5.41, 5.74) is -0.298. The Bertz CT molecular complexity index is 1150. The van der Waals surface area contributed by atoms with Gasteiger partial charge in [-0.15, -0.1) is 0 Å². The number of carbonyl (C=O) groups excluding carboxylic acids is 1. The van der Waals surface area contributed by atoms with Gasteiger partial charge in [-0.2, -0.15) is 0 Å². The van der Waals surface area contributed by atoms with E-state index >= 15 is 4.39 Å². The third-order valence-corrected chi connectivity index (χ3v) is 7.62. The fourth-order valence-electron chi connectivity index (χ4n) is 4.77. The zero-order valence-electron chi connectivity index (χ0n) is 21.1. The number of allylic oxidation sites excluding steroid dienone is 2. The fourth-order valence-corrected chi connectivity index (χ4v) is 4.93. The Hall–Kier alpha value is -2.67. The van der Waals surface area contributed by atoms with E-state index in [4.69, 9.17) is 17.0 Å². The number of amides is 1. The highest BCUT2D eigenvalue weighted by molar-refractivity contribution is 6.30. The molecule has 1 aliphatic carbocycles. The van der Waals surface area contributed by atoms with Crippen molar-refractivity contribution in [2.24, 2.45) is 5.41 Å². The molecule has 0 radical (unpaired) electrons. The molecule has 194 valence electrons. The highest BCUT2D eigenvalue weighted by Gasteiger charge is 2.46. The van der Waals surface area contributed by atoms with Gasteiger partial charge < -0.3 is 10.7 Å². The van der Waals surface area contributed by atoms with Crippen LogP contribution in [0.25, 0.3) is 5.57 Å². The van der Waals surface area contributed by atoms with Crippen molar-refractivity contribution in [3.05, 3.63) is 70.0 Å². The van der Waals surface area contributed by atoms with Gasteiger partial charge in [0.2, 0.25) is 5.92 Å². The lowest BCUT2D eigenvalue weighted by atomic mass is 9.67. The summed E-state index contributed by atoms with van der Waals surface area (Å²) < 4.78 is 43.5. The highest BCUT2D eigenvalue weighted by Crippen LogP contribution is 2.50. The number of nitrogens with zero attached hydrogens (tertiary/aromatic N) is 1. The van der Waals surface area contributed by atoms with Gasteiger partial charge >= 0.3 is 0 Å². The summed E-state index contributed by atoms with van der Waals surface area (Å²) >= 11 is 6.08. The second-order valence-corrected chi connectivity index (χ2v) is 10.5. The van der Waals surface area contributed by atoms with E-state index in [-0.39, 0.29) is 48.4 Å². The van der Waals surface area contributed by atoms with Crippen LogP contribution < -0.4 is 5.32 Å². The Kier molecular flexibility index (Phi) is 8.33. The minimum atomic E-state index is -2.74. The molecule has 1 fully saturated rings. The lowest BCUT2D eigenvalue weighted by Gasteiger charge is -2.43. The number of nitrogens with one attached hydrogen (secondary N) is 2. The number of pyridine rings is 1. The molecule has 2 aromatic rings. The first-order valence-corrected chi connectivity index (χ1v) is 12.5. The molecule has 1 aromatic heterocycles. The molecule has 0 saturated heterocycles.